The number of carbonyl (C=O) groups excluding carboxylic acids is 2. The van der Waals surface area contributed by atoms with Crippen molar-refractivity contribution < 1.29 is 41.7 Å². The van der Waals surface area contributed by atoms with Gasteiger partial charge in [-0.2, -0.15) is 13.2 Å². The van der Waals surface area contributed by atoms with Gasteiger partial charge in [0, 0.05) is 24.0 Å². The van der Waals surface area contributed by atoms with Crippen LogP contribution in [0.5, 0.6) is 23.0 Å². The van der Waals surface area contributed by atoms with E-state index in [0.717, 1.165) is 0 Å². The van der Waals surface area contributed by atoms with E-state index >= 15 is 0 Å². The summed E-state index contributed by atoms with van der Waals surface area (Å²) in [5, 5.41) is 0. The van der Waals surface area contributed by atoms with Crippen LogP contribution in [0.25, 0.3) is 0 Å². The maximum Gasteiger partial charge on any atom is 0.413 e. The second-order valence-electron chi connectivity index (χ2n) is 6.69. The number of hydrogen-bond acceptors (Lipinski definition) is 6. The summed E-state index contributed by atoms with van der Waals surface area (Å²) in [5.41, 5.74) is -1.12. The number of halogens is 3. The van der Waals surface area contributed by atoms with Crippen molar-refractivity contribution in [1.29, 1.82) is 0 Å². The molecule has 0 atom stereocenters. The minimum Gasteiger partial charge on any atom is -0.492 e. The van der Waals surface area contributed by atoms with Gasteiger partial charge in [-0.05, 0) is 18.9 Å². The number of methoxy groups -OCH3 is 2. The first-order valence-corrected chi connectivity index (χ1v) is 9.35. The first-order valence-electron chi connectivity index (χ1n) is 9.35. The molecule has 0 fully saturated rings. The quantitative estimate of drug-likeness (QED) is 0.608. The second-order valence-corrected chi connectivity index (χ2v) is 6.69. The number of carbonyl (C=O) groups is 2. The molecule has 162 valence electrons. The number of fused-ring (bicyclic) bond motifs is 1. The summed E-state index contributed by atoms with van der Waals surface area (Å²) < 4.78 is 61.2. The maximum atomic E-state index is 13.2. The van der Waals surface area contributed by atoms with E-state index < -0.39 is 23.3 Å². The molecule has 0 aromatic heterocycles. The molecule has 3 rings (SSSR count). The number of alkyl halides is 3. The van der Waals surface area contributed by atoms with Crippen LogP contribution in [0.4, 0.5) is 13.2 Å². The molecule has 0 unspecified atom stereocenters. The van der Waals surface area contributed by atoms with Crippen molar-refractivity contribution in [3.05, 3.63) is 34.9 Å². The lowest BCUT2D eigenvalue weighted by atomic mass is 9.91. The Morgan fingerprint density at radius 1 is 1.03 bits per heavy atom. The zero-order valence-electron chi connectivity index (χ0n) is 16.6. The Hall–Kier alpha value is -2.97. The fourth-order valence-electron chi connectivity index (χ4n) is 3.45. The van der Waals surface area contributed by atoms with Crippen molar-refractivity contribution >= 4 is 11.6 Å². The summed E-state index contributed by atoms with van der Waals surface area (Å²) in [6.45, 7) is 0.591. The van der Waals surface area contributed by atoms with E-state index in [0.29, 0.717) is 18.1 Å². The van der Waals surface area contributed by atoms with E-state index in [-0.39, 0.29) is 54.9 Å². The minimum absolute atomic E-state index is 0.107. The second kappa shape index (κ2) is 8.81. The van der Waals surface area contributed by atoms with E-state index in [2.05, 4.69) is 0 Å². The van der Waals surface area contributed by atoms with Crippen molar-refractivity contribution in [2.45, 2.75) is 31.9 Å². The van der Waals surface area contributed by atoms with Gasteiger partial charge in [0.2, 0.25) is 11.5 Å². The highest BCUT2D eigenvalue weighted by atomic mass is 19.4. The van der Waals surface area contributed by atoms with Gasteiger partial charge >= 0.3 is 6.18 Å². The molecule has 30 heavy (non-hydrogen) atoms. The van der Waals surface area contributed by atoms with E-state index in [1.807, 2.05) is 0 Å². The van der Waals surface area contributed by atoms with Crippen LogP contribution in [0.15, 0.2) is 29.4 Å². The van der Waals surface area contributed by atoms with Crippen molar-refractivity contribution in [1.82, 2.24) is 0 Å². The lowest BCUT2D eigenvalue weighted by Gasteiger charge is -2.23. The van der Waals surface area contributed by atoms with Gasteiger partial charge in [-0.15, -0.1) is 0 Å². The van der Waals surface area contributed by atoms with Crippen LogP contribution in [0.3, 0.4) is 0 Å². The third-order valence-electron chi connectivity index (χ3n) is 4.84. The van der Waals surface area contributed by atoms with E-state index in [1.165, 1.54) is 32.4 Å². The number of ketones is 2. The fourth-order valence-corrected chi connectivity index (χ4v) is 3.45. The lowest BCUT2D eigenvalue weighted by Crippen LogP contribution is -2.20. The largest absolute Gasteiger partial charge is 0.492 e. The summed E-state index contributed by atoms with van der Waals surface area (Å²) in [6.07, 6.45) is -2.54. The molecule has 0 spiro atoms. The minimum atomic E-state index is -4.58. The van der Waals surface area contributed by atoms with E-state index in [4.69, 9.17) is 18.9 Å². The molecule has 0 N–H and O–H groups in total. The molecule has 1 aromatic rings. The zero-order valence-corrected chi connectivity index (χ0v) is 16.6. The smallest absolute Gasteiger partial charge is 0.413 e. The van der Waals surface area contributed by atoms with Crippen LogP contribution in [0.1, 0.15) is 36.0 Å². The summed E-state index contributed by atoms with van der Waals surface area (Å²) in [6, 6.07) is 1.43. The fraction of sp³-hybridized carbons (Fsp3) is 0.429. The molecule has 1 aliphatic carbocycles. The van der Waals surface area contributed by atoms with Gasteiger partial charge < -0.3 is 18.9 Å². The number of ether oxygens (including phenoxy) is 4. The monoisotopic (exact) mass is 426 g/mol. The topological polar surface area (TPSA) is 71.1 Å². The molecule has 1 aromatic carbocycles. The standard InChI is InChI=1S/C21H21F3O6/c1-27-18-13(11-17-19(20(18)28-2)30-10-9-29-17)16(26)8-7-15(25)12-5-3-4-6-14(12)21(22,23)24/h3,5,11H,4,6-10H2,1-2H3. The van der Waals surface area contributed by atoms with Crippen molar-refractivity contribution in [3.8, 4) is 23.0 Å². The van der Waals surface area contributed by atoms with Crippen molar-refractivity contribution in [2.75, 3.05) is 27.4 Å². The van der Waals surface area contributed by atoms with Crippen molar-refractivity contribution in [2.24, 2.45) is 0 Å². The zero-order chi connectivity index (χ0) is 21.9. The molecule has 0 amide bonds. The lowest BCUT2D eigenvalue weighted by molar-refractivity contribution is -0.117. The van der Waals surface area contributed by atoms with Gasteiger partial charge in [0.05, 0.1) is 19.8 Å². The summed E-state index contributed by atoms with van der Waals surface area (Å²) in [4.78, 5) is 25.2. The molecule has 9 heteroatoms. The van der Waals surface area contributed by atoms with Gasteiger partial charge in [0.15, 0.2) is 23.1 Å². The van der Waals surface area contributed by atoms with Crippen LogP contribution in [0, 0.1) is 0 Å². The molecule has 2 aliphatic rings. The molecule has 0 saturated carbocycles. The number of hydrogen-bond donors (Lipinski definition) is 0. The maximum absolute atomic E-state index is 13.2. The Morgan fingerprint density at radius 2 is 1.70 bits per heavy atom. The Kier molecular flexibility index (Phi) is 6.38. The van der Waals surface area contributed by atoms with Gasteiger partial charge in [-0.1, -0.05) is 12.2 Å². The predicted molar refractivity (Wildman–Crippen MR) is 101 cm³/mol. The first kappa shape index (κ1) is 21.7. The number of benzene rings is 1. The first-order chi connectivity index (χ1) is 14.3. The van der Waals surface area contributed by atoms with Gasteiger partial charge in [0.1, 0.15) is 13.2 Å². The third kappa shape index (κ3) is 4.29. The molecule has 0 radical (unpaired) electrons. The predicted octanol–water partition coefficient (Wildman–Crippen LogP) is 4.22. The average Bonchev–Trinajstić information content (AvgIpc) is 2.75. The number of allylic oxidation sites excluding steroid dienone is 4. The van der Waals surface area contributed by atoms with Crippen LogP contribution in [-0.2, 0) is 4.79 Å². The molecule has 1 aliphatic heterocycles. The van der Waals surface area contributed by atoms with Crippen molar-refractivity contribution in [3.63, 3.8) is 0 Å². The van der Waals surface area contributed by atoms with Crippen LogP contribution in [0.2, 0.25) is 0 Å². The Balaban J connectivity index is 1.84. The molecule has 1 heterocycles. The van der Waals surface area contributed by atoms with Gasteiger partial charge in [-0.25, -0.2) is 0 Å². The highest BCUT2D eigenvalue weighted by Crippen LogP contribution is 2.48. The number of rotatable bonds is 7. The Morgan fingerprint density at radius 3 is 2.37 bits per heavy atom. The summed E-state index contributed by atoms with van der Waals surface area (Å²) in [7, 11) is 2.73. The van der Waals surface area contributed by atoms with Gasteiger partial charge in [0.25, 0.3) is 0 Å². The molecular weight excluding hydrogens is 405 g/mol. The third-order valence-corrected chi connectivity index (χ3v) is 4.84. The van der Waals surface area contributed by atoms with E-state index in [1.54, 1.807) is 0 Å². The van der Waals surface area contributed by atoms with Crippen LogP contribution < -0.4 is 18.9 Å². The SMILES string of the molecule is COc1c(C(=O)CCC(=O)C2=C(C(F)(F)F)CCC=C2)cc2c(c1OC)OCCO2. The average molecular weight is 426 g/mol. The van der Waals surface area contributed by atoms with E-state index in [9.17, 15) is 22.8 Å². The molecule has 0 bridgehead atoms. The Labute approximate surface area is 171 Å². The summed E-state index contributed by atoms with van der Waals surface area (Å²) >= 11 is 0. The Bertz CT molecular complexity index is 914. The molecule has 0 saturated heterocycles. The van der Waals surface area contributed by atoms with Crippen LogP contribution in [-0.4, -0.2) is 45.2 Å². The summed E-state index contributed by atoms with van der Waals surface area (Å²) in [5.74, 6) is -0.306. The molecule has 6 nitrogen and oxygen atoms in total. The van der Waals surface area contributed by atoms with Crippen LogP contribution >= 0.6 is 0 Å². The highest BCUT2D eigenvalue weighted by Gasteiger charge is 2.37. The molecular formula is C21H21F3O6. The highest BCUT2D eigenvalue weighted by molar-refractivity contribution is 6.05. The normalized spacial score (nSPS) is 15.8. The number of Topliss-reactive ketones (excluding diaryl/α,β-unsaturated/α-hetero) is 2. The van der Waals surface area contributed by atoms with Gasteiger partial charge in [-0.3, -0.25) is 9.59 Å².